The van der Waals surface area contributed by atoms with Gasteiger partial charge in [-0.05, 0) is 48.9 Å². The number of hydrogen-bond donors (Lipinski definition) is 1. The fourth-order valence-corrected chi connectivity index (χ4v) is 3.83. The summed E-state index contributed by atoms with van der Waals surface area (Å²) in [6, 6.07) is 9.46. The van der Waals surface area contributed by atoms with Gasteiger partial charge in [0.1, 0.15) is 5.82 Å². The highest BCUT2D eigenvalue weighted by molar-refractivity contribution is 9.10. The van der Waals surface area contributed by atoms with Crippen LogP contribution in [-0.2, 0) is 4.79 Å². The van der Waals surface area contributed by atoms with Gasteiger partial charge in [-0.3, -0.25) is 14.5 Å². The Morgan fingerprint density at radius 3 is 2.50 bits per heavy atom. The predicted molar refractivity (Wildman–Crippen MR) is 111 cm³/mol. The number of carbonyl (C=O) groups is 2. The molecule has 0 spiro atoms. The van der Waals surface area contributed by atoms with E-state index in [4.69, 9.17) is 11.6 Å². The number of benzene rings is 2. The molecule has 0 aliphatic carbocycles. The van der Waals surface area contributed by atoms with Gasteiger partial charge in [0.25, 0.3) is 5.91 Å². The summed E-state index contributed by atoms with van der Waals surface area (Å²) in [4.78, 5) is 28.6. The number of aryl methyl sites for hydroxylation is 1. The van der Waals surface area contributed by atoms with Gasteiger partial charge in [0.2, 0.25) is 5.91 Å². The molecule has 28 heavy (non-hydrogen) atoms. The number of hydrogen-bond acceptors (Lipinski definition) is 3. The summed E-state index contributed by atoms with van der Waals surface area (Å²) in [5.41, 5.74) is 2.06. The Hall–Kier alpha value is -1.96. The van der Waals surface area contributed by atoms with Crippen LogP contribution in [0.1, 0.15) is 15.9 Å². The minimum absolute atomic E-state index is 0.0909. The Bertz CT molecular complexity index is 901. The summed E-state index contributed by atoms with van der Waals surface area (Å²) in [6.07, 6.45) is 0. The molecule has 1 N–H and O–H groups in total. The van der Waals surface area contributed by atoms with Crippen LogP contribution >= 0.6 is 27.5 Å². The highest BCUT2D eigenvalue weighted by Gasteiger charge is 2.24. The smallest absolute Gasteiger partial charge is 0.255 e. The largest absolute Gasteiger partial charge is 0.336 e. The zero-order valence-corrected chi connectivity index (χ0v) is 17.7. The minimum atomic E-state index is -0.474. The van der Waals surface area contributed by atoms with E-state index in [1.54, 1.807) is 4.90 Å². The summed E-state index contributed by atoms with van der Waals surface area (Å²) in [5.74, 6) is -0.787. The number of anilines is 1. The molecule has 1 saturated heterocycles. The van der Waals surface area contributed by atoms with E-state index in [9.17, 15) is 14.0 Å². The zero-order chi connectivity index (χ0) is 20.3. The van der Waals surface area contributed by atoms with Crippen LogP contribution in [0.2, 0.25) is 5.02 Å². The molecule has 1 heterocycles. The van der Waals surface area contributed by atoms with Crippen LogP contribution in [0.15, 0.2) is 40.9 Å². The first-order chi connectivity index (χ1) is 13.3. The number of rotatable bonds is 4. The lowest BCUT2D eigenvalue weighted by molar-refractivity contribution is -0.117. The summed E-state index contributed by atoms with van der Waals surface area (Å²) in [5, 5.41) is 3.03. The van der Waals surface area contributed by atoms with Gasteiger partial charge < -0.3 is 10.2 Å². The van der Waals surface area contributed by atoms with Crippen molar-refractivity contribution in [2.24, 2.45) is 0 Å². The van der Waals surface area contributed by atoms with Crippen molar-refractivity contribution in [2.45, 2.75) is 6.92 Å². The van der Waals surface area contributed by atoms with Gasteiger partial charge in [-0.25, -0.2) is 4.39 Å². The van der Waals surface area contributed by atoms with Gasteiger partial charge in [-0.15, -0.1) is 0 Å². The third-order valence-corrected chi connectivity index (χ3v) is 5.46. The van der Waals surface area contributed by atoms with Gasteiger partial charge in [0.15, 0.2) is 0 Å². The normalized spacial score (nSPS) is 14.8. The summed E-state index contributed by atoms with van der Waals surface area (Å²) in [7, 11) is 0. The molecule has 3 rings (SSSR count). The SMILES string of the molecule is Cc1cc(Br)ccc1NC(=O)CN1CCN(C(=O)c2ccc(F)cc2Cl)CC1. The molecule has 1 fully saturated rings. The summed E-state index contributed by atoms with van der Waals surface area (Å²) < 4.78 is 14.1. The van der Waals surface area contributed by atoms with E-state index in [0.29, 0.717) is 31.7 Å². The van der Waals surface area contributed by atoms with E-state index in [-0.39, 0.29) is 23.4 Å². The molecule has 8 heteroatoms. The van der Waals surface area contributed by atoms with Crippen molar-refractivity contribution in [3.8, 4) is 0 Å². The lowest BCUT2D eigenvalue weighted by Gasteiger charge is -2.34. The molecule has 0 radical (unpaired) electrons. The second-order valence-corrected chi connectivity index (χ2v) is 8.02. The first kappa shape index (κ1) is 20.8. The van der Waals surface area contributed by atoms with Crippen LogP contribution in [0.4, 0.5) is 10.1 Å². The minimum Gasteiger partial charge on any atom is -0.336 e. The Morgan fingerprint density at radius 1 is 1.14 bits per heavy atom. The van der Waals surface area contributed by atoms with E-state index >= 15 is 0 Å². The van der Waals surface area contributed by atoms with Crippen LogP contribution in [0.5, 0.6) is 0 Å². The molecule has 0 unspecified atom stereocenters. The first-order valence-electron chi connectivity index (χ1n) is 8.86. The summed E-state index contributed by atoms with van der Waals surface area (Å²) in [6.45, 7) is 4.32. The predicted octanol–water partition coefficient (Wildman–Crippen LogP) is 3.95. The van der Waals surface area contributed by atoms with Crippen molar-refractivity contribution in [3.63, 3.8) is 0 Å². The number of nitrogens with one attached hydrogen (secondary N) is 1. The summed E-state index contributed by atoms with van der Waals surface area (Å²) >= 11 is 9.39. The molecule has 2 aromatic carbocycles. The van der Waals surface area contributed by atoms with Gasteiger partial charge >= 0.3 is 0 Å². The van der Waals surface area contributed by atoms with E-state index < -0.39 is 5.82 Å². The molecule has 5 nitrogen and oxygen atoms in total. The molecule has 0 bridgehead atoms. The molecule has 148 valence electrons. The quantitative estimate of drug-likeness (QED) is 0.739. The Morgan fingerprint density at radius 2 is 1.86 bits per heavy atom. The molecule has 0 atom stereocenters. The third kappa shape index (κ3) is 5.10. The van der Waals surface area contributed by atoms with Crippen molar-refractivity contribution < 1.29 is 14.0 Å². The fourth-order valence-electron chi connectivity index (χ4n) is 3.10. The van der Waals surface area contributed by atoms with E-state index in [1.807, 2.05) is 30.0 Å². The van der Waals surface area contributed by atoms with Crippen LogP contribution in [0.25, 0.3) is 0 Å². The Kier molecular flexibility index (Phi) is 6.69. The second kappa shape index (κ2) is 9.03. The maximum atomic E-state index is 13.2. The van der Waals surface area contributed by atoms with Gasteiger partial charge in [-0.2, -0.15) is 0 Å². The topological polar surface area (TPSA) is 52.7 Å². The average molecular weight is 469 g/mol. The molecule has 1 aliphatic rings. The van der Waals surface area contributed by atoms with Crippen molar-refractivity contribution in [1.82, 2.24) is 9.80 Å². The number of carbonyl (C=O) groups excluding carboxylic acids is 2. The second-order valence-electron chi connectivity index (χ2n) is 6.70. The van der Waals surface area contributed by atoms with Crippen LogP contribution < -0.4 is 5.32 Å². The lowest BCUT2D eigenvalue weighted by atomic mass is 10.1. The molecule has 0 saturated carbocycles. The fraction of sp³-hybridized carbons (Fsp3) is 0.300. The number of amides is 2. The van der Waals surface area contributed by atoms with Crippen LogP contribution in [-0.4, -0.2) is 54.3 Å². The zero-order valence-electron chi connectivity index (χ0n) is 15.3. The first-order valence-corrected chi connectivity index (χ1v) is 10.0. The van der Waals surface area contributed by atoms with Crippen molar-refractivity contribution in [3.05, 3.63) is 62.8 Å². The van der Waals surface area contributed by atoms with Crippen LogP contribution in [0, 0.1) is 12.7 Å². The van der Waals surface area contributed by atoms with E-state index in [2.05, 4.69) is 21.2 Å². The van der Waals surface area contributed by atoms with E-state index in [0.717, 1.165) is 21.8 Å². The van der Waals surface area contributed by atoms with Gasteiger partial charge in [0.05, 0.1) is 17.1 Å². The van der Waals surface area contributed by atoms with Crippen molar-refractivity contribution in [2.75, 3.05) is 38.0 Å². The van der Waals surface area contributed by atoms with Crippen molar-refractivity contribution in [1.29, 1.82) is 0 Å². The highest BCUT2D eigenvalue weighted by Crippen LogP contribution is 2.21. The molecule has 0 aromatic heterocycles. The standard InChI is InChI=1S/C20H20BrClFN3O2/c1-13-10-14(21)2-5-18(13)24-19(27)12-25-6-8-26(9-7-25)20(28)16-4-3-15(23)11-17(16)22/h2-5,10-11H,6-9,12H2,1H3,(H,24,27). The van der Waals surface area contributed by atoms with Gasteiger partial charge in [-0.1, -0.05) is 27.5 Å². The Balaban J connectivity index is 1.52. The number of nitrogens with zero attached hydrogens (tertiary/aromatic N) is 2. The van der Waals surface area contributed by atoms with Crippen molar-refractivity contribution >= 4 is 45.0 Å². The lowest BCUT2D eigenvalue weighted by Crippen LogP contribution is -2.50. The van der Waals surface area contributed by atoms with Gasteiger partial charge in [0, 0.05) is 36.3 Å². The molecular formula is C20H20BrClFN3O2. The monoisotopic (exact) mass is 467 g/mol. The Labute approximate surface area is 176 Å². The molecule has 1 aliphatic heterocycles. The van der Waals surface area contributed by atoms with E-state index in [1.165, 1.54) is 12.1 Å². The average Bonchev–Trinajstić information content (AvgIpc) is 2.64. The molecular weight excluding hydrogens is 449 g/mol. The number of piperazine rings is 1. The number of halogens is 3. The third-order valence-electron chi connectivity index (χ3n) is 4.65. The van der Waals surface area contributed by atoms with Crippen LogP contribution in [0.3, 0.4) is 0 Å². The molecule has 2 aromatic rings. The molecule has 2 amide bonds. The highest BCUT2D eigenvalue weighted by atomic mass is 79.9. The maximum Gasteiger partial charge on any atom is 0.255 e. The maximum absolute atomic E-state index is 13.2.